The summed E-state index contributed by atoms with van der Waals surface area (Å²) in [6.07, 6.45) is 11.7. The molecule has 0 heterocycles. The van der Waals surface area contributed by atoms with Gasteiger partial charge < -0.3 is 14.0 Å². The number of benzene rings is 2. The Morgan fingerprint density at radius 1 is 0.806 bits per heavy atom. The number of carbonyl (C=O) groups excluding carboxylic acids is 1. The van der Waals surface area contributed by atoms with Gasteiger partial charge in [0.1, 0.15) is 25.0 Å². The van der Waals surface area contributed by atoms with Gasteiger partial charge in [0.05, 0.1) is 14.1 Å². The fourth-order valence-corrected chi connectivity index (χ4v) is 4.87. The van der Waals surface area contributed by atoms with Crippen LogP contribution in [0, 0.1) is 0 Å². The smallest absolute Gasteiger partial charge is 0.365 e. The summed E-state index contributed by atoms with van der Waals surface area (Å²) in [5.41, 5.74) is 2.54. The van der Waals surface area contributed by atoms with Crippen LogP contribution in [-0.2, 0) is 22.5 Å². The number of aryl methyl sites for hydroxylation is 1. The van der Waals surface area contributed by atoms with Crippen LogP contribution in [-0.4, -0.2) is 43.3 Å². The van der Waals surface area contributed by atoms with Crippen molar-refractivity contribution in [1.82, 2.24) is 0 Å². The minimum atomic E-state index is -0.215. The van der Waals surface area contributed by atoms with E-state index >= 15 is 0 Å². The predicted molar refractivity (Wildman–Crippen MR) is 150 cm³/mol. The first-order valence-corrected chi connectivity index (χ1v) is 14.2. The van der Waals surface area contributed by atoms with Crippen molar-refractivity contribution < 1.29 is 18.8 Å². The summed E-state index contributed by atoms with van der Waals surface area (Å²) in [6, 6.07) is 18.5. The van der Waals surface area contributed by atoms with Crippen LogP contribution in [0.25, 0.3) is 0 Å². The summed E-state index contributed by atoms with van der Waals surface area (Å²) in [5.74, 6) is 0.721. The average molecular weight is 497 g/mol. The minimum Gasteiger partial charge on any atom is -0.487 e. The topological polar surface area (TPSA) is 35.5 Å². The lowest BCUT2D eigenvalue weighted by atomic mass is 10.0. The van der Waals surface area contributed by atoms with Crippen LogP contribution in [0.5, 0.6) is 5.75 Å². The number of rotatable bonds is 18. The Kier molecular flexibility index (Phi) is 13.6. The molecule has 0 aliphatic rings. The maximum Gasteiger partial charge on any atom is 0.365 e. The van der Waals surface area contributed by atoms with E-state index in [1.807, 2.05) is 24.3 Å². The molecule has 4 nitrogen and oxygen atoms in total. The Balaban J connectivity index is 1.83. The zero-order chi connectivity index (χ0) is 26.2. The Hall–Kier alpha value is -2.33. The maximum absolute atomic E-state index is 13.1. The summed E-state index contributed by atoms with van der Waals surface area (Å²) < 4.78 is 12.6. The van der Waals surface area contributed by atoms with Crippen molar-refractivity contribution in [3.8, 4) is 5.75 Å². The summed E-state index contributed by atoms with van der Waals surface area (Å²) in [6.45, 7) is 7.46. The van der Waals surface area contributed by atoms with Gasteiger partial charge in [0, 0.05) is 12.0 Å². The van der Waals surface area contributed by atoms with Crippen LogP contribution in [0.3, 0.4) is 0 Å². The van der Waals surface area contributed by atoms with Crippen molar-refractivity contribution in [3.63, 3.8) is 0 Å². The molecule has 0 bridgehead atoms. The van der Waals surface area contributed by atoms with Crippen molar-refractivity contribution in [2.24, 2.45) is 0 Å². The fourth-order valence-electron chi connectivity index (χ4n) is 4.87. The molecule has 2 unspecified atom stereocenters. The summed E-state index contributed by atoms with van der Waals surface area (Å²) in [5, 5.41) is 0. The highest BCUT2D eigenvalue weighted by molar-refractivity contribution is 5.74. The van der Waals surface area contributed by atoms with E-state index in [0.717, 1.165) is 31.6 Å². The van der Waals surface area contributed by atoms with E-state index in [1.165, 1.54) is 56.1 Å². The van der Waals surface area contributed by atoms with Gasteiger partial charge in [-0.15, -0.1) is 0 Å². The highest BCUT2D eigenvalue weighted by Gasteiger charge is 2.35. The van der Waals surface area contributed by atoms with Crippen molar-refractivity contribution in [2.45, 2.75) is 104 Å². The van der Waals surface area contributed by atoms with E-state index in [9.17, 15) is 4.79 Å². The van der Waals surface area contributed by atoms with E-state index < -0.39 is 0 Å². The van der Waals surface area contributed by atoms with Crippen LogP contribution in [0.2, 0.25) is 0 Å². The number of hydrogen-bond acceptors (Lipinski definition) is 3. The molecule has 0 fully saturated rings. The number of nitrogens with zero attached hydrogens (tertiary/aromatic N) is 1. The normalized spacial score (nSPS) is 13.2. The van der Waals surface area contributed by atoms with Gasteiger partial charge in [-0.3, -0.25) is 0 Å². The number of carbonyl (C=O) groups is 1. The van der Waals surface area contributed by atoms with Gasteiger partial charge in [-0.25, -0.2) is 4.79 Å². The van der Waals surface area contributed by atoms with Crippen LogP contribution >= 0.6 is 0 Å². The number of likely N-dealkylation sites (N-methyl/N-ethyl adjacent to an activating group) is 1. The Morgan fingerprint density at radius 2 is 1.47 bits per heavy atom. The van der Waals surface area contributed by atoms with Crippen LogP contribution in [0.1, 0.15) is 89.7 Å². The summed E-state index contributed by atoms with van der Waals surface area (Å²) >= 11 is 0. The van der Waals surface area contributed by atoms with E-state index in [4.69, 9.17) is 9.47 Å². The number of hydrogen-bond donors (Lipinski definition) is 0. The second-order valence-corrected chi connectivity index (χ2v) is 10.6. The molecule has 0 spiro atoms. The third-order valence-electron chi connectivity index (χ3n) is 7.07. The molecular weight excluding hydrogens is 446 g/mol. The summed E-state index contributed by atoms with van der Waals surface area (Å²) in [4.78, 5) is 13.1. The number of ether oxygens (including phenoxy) is 2. The third kappa shape index (κ3) is 10.7. The Labute approximate surface area is 220 Å². The van der Waals surface area contributed by atoms with Gasteiger partial charge in [-0.2, -0.15) is 0 Å². The first-order chi connectivity index (χ1) is 17.4. The van der Waals surface area contributed by atoms with Crippen LogP contribution in [0.15, 0.2) is 54.6 Å². The highest BCUT2D eigenvalue weighted by Crippen LogP contribution is 2.21. The molecule has 0 saturated carbocycles. The summed E-state index contributed by atoms with van der Waals surface area (Å²) in [7, 11) is 4.21. The molecule has 0 aliphatic carbocycles. The first kappa shape index (κ1) is 29.9. The lowest BCUT2D eigenvalue weighted by Gasteiger charge is -2.36. The molecule has 2 aromatic carbocycles. The standard InChI is InChI=1S/C32H50NO3/c1-6-9-10-11-12-13-15-19-27-22-18-23-30(24-27)36-29(7-2)26-35-32(34)31(8-3)33(4,5)25-28-20-16-14-17-21-28/h14,16-18,20-24,29,31H,6-13,15,19,25-26H2,1-5H3/q+1. The SMILES string of the molecule is CCCCCCCCCc1cccc(OC(CC)COC(=O)C(CC)[N+](C)(C)Cc2ccccc2)c1. The first-order valence-electron chi connectivity index (χ1n) is 14.2. The molecule has 2 atom stereocenters. The molecule has 2 rings (SSSR count). The zero-order valence-electron chi connectivity index (χ0n) is 23.5. The zero-order valence-corrected chi connectivity index (χ0v) is 23.5. The third-order valence-corrected chi connectivity index (χ3v) is 7.07. The fraction of sp³-hybridized carbons (Fsp3) is 0.594. The van der Waals surface area contributed by atoms with Gasteiger partial charge in [0.25, 0.3) is 0 Å². The lowest BCUT2D eigenvalue weighted by molar-refractivity contribution is -0.919. The number of quaternary nitrogens is 1. The second kappa shape index (κ2) is 16.4. The van der Waals surface area contributed by atoms with Gasteiger partial charge in [-0.1, -0.05) is 102 Å². The van der Waals surface area contributed by atoms with E-state index in [0.29, 0.717) is 4.48 Å². The van der Waals surface area contributed by atoms with Crippen molar-refractivity contribution in [3.05, 3.63) is 65.7 Å². The van der Waals surface area contributed by atoms with Gasteiger partial charge >= 0.3 is 5.97 Å². The molecule has 200 valence electrons. The van der Waals surface area contributed by atoms with Crippen molar-refractivity contribution >= 4 is 5.97 Å². The van der Waals surface area contributed by atoms with Gasteiger partial charge in [0.15, 0.2) is 6.04 Å². The number of unbranched alkanes of at least 4 members (excludes halogenated alkanes) is 6. The molecule has 0 N–H and O–H groups in total. The second-order valence-electron chi connectivity index (χ2n) is 10.6. The minimum absolute atomic E-state index is 0.145. The average Bonchev–Trinajstić information content (AvgIpc) is 2.86. The Morgan fingerprint density at radius 3 is 2.14 bits per heavy atom. The molecule has 0 saturated heterocycles. The molecule has 0 amide bonds. The van der Waals surface area contributed by atoms with Crippen LogP contribution in [0.4, 0.5) is 0 Å². The molecule has 0 aliphatic heterocycles. The molecular formula is C32H50NO3+. The predicted octanol–water partition coefficient (Wildman–Crippen LogP) is 7.74. The largest absolute Gasteiger partial charge is 0.487 e. The lowest BCUT2D eigenvalue weighted by Crippen LogP contribution is -2.52. The van der Waals surface area contributed by atoms with Crippen molar-refractivity contribution in [2.75, 3.05) is 20.7 Å². The number of esters is 1. The quantitative estimate of drug-likeness (QED) is 0.120. The molecule has 36 heavy (non-hydrogen) atoms. The maximum atomic E-state index is 13.1. The molecule has 0 radical (unpaired) electrons. The highest BCUT2D eigenvalue weighted by atomic mass is 16.6. The molecule has 2 aromatic rings. The van der Waals surface area contributed by atoms with E-state index in [1.54, 1.807) is 0 Å². The van der Waals surface area contributed by atoms with Gasteiger partial charge in [0.2, 0.25) is 0 Å². The molecule has 4 heteroatoms. The Bertz CT molecular complexity index is 865. The van der Waals surface area contributed by atoms with E-state index in [2.05, 4.69) is 65.2 Å². The van der Waals surface area contributed by atoms with Crippen molar-refractivity contribution in [1.29, 1.82) is 0 Å². The monoisotopic (exact) mass is 496 g/mol. The van der Waals surface area contributed by atoms with Crippen LogP contribution < -0.4 is 4.74 Å². The van der Waals surface area contributed by atoms with Gasteiger partial charge in [-0.05, 0) is 37.0 Å². The van der Waals surface area contributed by atoms with E-state index in [-0.39, 0.29) is 24.7 Å². The molecule has 0 aromatic heterocycles.